The molecule has 3 unspecified atom stereocenters. The van der Waals surface area contributed by atoms with Crippen molar-refractivity contribution in [3.05, 3.63) is 48.6 Å². The fourth-order valence-electron chi connectivity index (χ4n) is 6.20. The molecule has 5 heteroatoms. The molecule has 0 spiro atoms. The van der Waals surface area contributed by atoms with E-state index in [4.69, 9.17) is 0 Å². The highest BCUT2D eigenvalue weighted by Gasteiger charge is 2.22. The van der Waals surface area contributed by atoms with Crippen LogP contribution in [-0.2, 0) is 4.79 Å². The van der Waals surface area contributed by atoms with Crippen molar-refractivity contribution in [2.24, 2.45) is 0 Å². The van der Waals surface area contributed by atoms with Crippen LogP contribution in [0.2, 0.25) is 0 Å². The lowest BCUT2D eigenvalue weighted by atomic mass is 10.0. The summed E-state index contributed by atoms with van der Waals surface area (Å²) in [5.74, 6) is -0.522. The van der Waals surface area contributed by atoms with Crippen LogP contribution in [0.1, 0.15) is 206 Å². The third-order valence-electron chi connectivity index (χ3n) is 9.62. The predicted molar refractivity (Wildman–Crippen MR) is 217 cm³/mol. The SMILES string of the molecule is CCCC/C=C/CC/C=C/CC/C=C/C(O)C(CO)NC(=O)C(O)CCCCCCCCCC/C=C\CCCCCCCCCCCCCC. The molecule has 0 aromatic carbocycles. The van der Waals surface area contributed by atoms with E-state index in [9.17, 15) is 20.1 Å². The molecule has 0 saturated carbocycles. The number of rotatable bonds is 38. The van der Waals surface area contributed by atoms with Crippen LogP contribution in [0, 0.1) is 0 Å². The molecule has 292 valence electrons. The number of hydrogen-bond acceptors (Lipinski definition) is 4. The highest BCUT2D eigenvalue weighted by Crippen LogP contribution is 2.14. The van der Waals surface area contributed by atoms with Gasteiger partial charge in [-0.1, -0.05) is 191 Å². The van der Waals surface area contributed by atoms with E-state index in [1.807, 2.05) is 6.08 Å². The van der Waals surface area contributed by atoms with Crippen LogP contribution in [0.4, 0.5) is 0 Å². The van der Waals surface area contributed by atoms with Gasteiger partial charge in [0.05, 0.1) is 18.8 Å². The van der Waals surface area contributed by atoms with Crippen LogP contribution in [0.15, 0.2) is 48.6 Å². The number of nitrogens with one attached hydrogen (secondary N) is 1. The van der Waals surface area contributed by atoms with E-state index in [0.717, 1.165) is 44.9 Å². The fraction of sp³-hybridized carbons (Fsp3) is 0.800. The first-order valence-corrected chi connectivity index (χ1v) is 21.5. The maximum atomic E-state index is 12.4. The Kier molecular flexibility index (Phi) is 38.7. The van der Waals surface area contributed by atoms with Gasteiger partial charge in [0.15, 0.2) is 0 Å². The van der Waals surface area contributed by atoms with Crippen LogP contribution in [-0.4, -0.2) is 46.1 Å². The molecule has 0 aliphatic rings. The number of hydrogen-bond donors (Lipinski definition) is 4. The number of aliphatic hydroxyl groups excluding tert-OH is 3. The molecule has 0 aromatic rings. The highest BCUT2D eigenvalue weighted by molar-refractivity contribution is 5.80. The van der Waals surface area contributed by atoms with Gasteiger partial charge in [-0.05, 0) is 64.2 Å². The van der Waals surface area contributed by atoms with E-state index in [1.165, 1.54) is 141 Å². The fourth-order valence-corrected chi connectivity index (χ4v) is 6.20. The van der Waals surface area contributed by atoms with Gasteiger partial charge in [-0.15, -0.1) is 0 Å². The minimum absolute atomic E-state index is 0.384. The summed E-state index contributed by atoms with van der Waals surface area (Å²) in [4.78, 5) is 12.4. The van der Waals surface area contributed by atoms with Crippen molar-refractivity contribution in [3.63, 3.8) is 0 Å². The Labute approximate surface area is 310 Å². The van der Waals surface area contributed by atoms with Gasteiger partial charge >= 0.3 is 0 Å². The largest absolute Gasteiger partial charge is 0.394 e. The summed E-state index contributed by atoms with van der Waals surface area (Å²) in [5.41, 5.74) is 0. The van der Waals surface area contributed by atoms with Crippen LogP contribution in [0.5, 0.6) is 0 Å². The van der Waals surface area contributed by atoms with Crippen LogP contribution in [0.3, 0.4) is 0 Å². The number of unbranched alkanes of at least 4 members (excludes halogenated alkanes) is 24. The molecule has 0 aliphatic heterocycles. The summed E-state index contributed by atoms with van der Waals surface area (Å²) in [6, 6.07) is -0.821. The third kappa shape index (κ3) is 34.7. The minimum atomic E-state index is -1.11. The van der Waals surface area contributed by atoms with E-state index in [-0.39, 0.29) is 6.61 Å². The van der Waals surface area contributed by atoms with E-state index in [0.29, 0.717) is 6.42 Å². The van der Waals surface area contributed by atoms with Crippen molar-refractivity contribution >= 4 is 5.91 Å². The minimum Gasteiger partial charge on any atom is -0.394 e. The Morgan fingerprint density at radius 1 is 0.480 bits per heavy atom. The summed E-state index contributed by atoms with van der Waals surface area (Å²) < 4.78 is 0. The molecular weight excluding hydrogens is 618 g/mol. The maximum Gasteiger partial charge on any atom is 0.249 e. The molecule has 50 heavy (non-hydrogen) atoms. The van der Waals surface area contributed by atoms with Crippen molar-refractivity contribution in [1.29, 1.82) is 0 Å². The summed E-state index contributed by atoms with van der Waals surface area (Å²) >= 11 is 0. The molecule has 1 amide bonds. The highest BCUT2D eigenvalue weighted by atomic mass is 16.3. The molecule has 0 radical (unpaired) electrons. The monoisotopic (exact) mass is 702 g/mol. The van der Waals surface area contributed by atoms with Crippen molar-refractivity contribution in [2.75, 3.05) is 6.61 Å². The van der Waals surface area contributed by atoms with Gasteiger partial charge in [0.2, 0.25) is 5.91 Å². The molecule has 3 atom stereocenters. The standard InChI is InChI=1S/C45H83NO4/c1-3-5-7-9-11-13-15-17-18-19-20-21-22-23-24-25-26-27-28-30-32-34-36-38-40-44(49)45(50)46-42(41-47)43(48)39-37-35-33-31-29-16-14-12-10-8-6-4-2/h10,12,23-24,29,31,37,39,42-44,47-49H,3-9,11,13-22,25-28,30,32-36,38,40-41H2,1-2H3,(H,46,50)/b12-10+,24-23-,31-29+,39-37+. The molecule has 0 bridgehead atoms. The topological polar surface area (TPSA) is 89.8 Å². The van der Waals surface area contributed by atoms with Gasteiger partial charge in [-0.25, -0.2) is 0 Å². The molecule has 0 heterocycles. The van der Waals surface area contributed by atoms with Crippen molar-refractivity contribution < 1.29 is 20.1 Å². The zero-order chi connectivity index (χ0) is 36.6. The smallest absolute Gasteiger partial charge is 0.249 e. The summed E-state index contributed by atoms with van der Waals surface area (Å²) in [6.45, 7) is 4.11. The lowest BCUT2D eigenvalue weighted by Gasteiger charge is -2.21. The molecule has 0 aromatic heterocycles. The van der Waals surface area contributed by atoms with Crippen molar-refractivity contribution in [2.45, 2.75) is 225 Å². The van der Waals surface area contributed by atoms with Crippen molar-refractivity contribution in [3.8, 4) is 0 Å². The second-order valence-corrected chi connectivity index (χ2v) is 14.5. The number of carbonyl (C=O) groups excluding carboxylic acids is 1. The predicted octanol–water partition coefficient (Wildman–Crippen LogP) is 12.2. The number of aliphatic hydroxyl groups is 3. The zero-order valence-corrected chi connectivity index (χ0v) is 33.0. The van der Waals surface area contributed by atoms with E-state index in [2.05, 4.69) is 55.6 Å². The lowest BCUT2D eigenvalue weighted by Crippen LogP contribution is -2.48. The summed E-state index contributed by atoms with van der Waals surface area (Å²) in [7, 11) is 0. The van der Waals surface area contributed by atoms with Crippen LogP contribution in [0.25, 0.3) is 0 Å². The van der Waals surface area contributed by atoms with Crippen LogP contribution >= 0.6 is 0 Å². The van der Waals surface area contributed by atoms with E-state index < -0.39 is 24.2 Å². The molecule has 4 N–H and O–H groups in total. The number of allylic oxidation sites excluding steroid dienone is 7. The first kappa shape index (κ1) is 48.3. The average molecular weight is 702 g/mol. The van der Waals surface area contributed by atoms with Gasteiger partial charge in [0.1, 0.15) is 6.10 Å². The van der Waals surface area contributed by atoms with Gasteiger partial charge in [0, 0.05) is 0 Å². The summed E-state index contributed by atoms with van der Waals surface area (Å²) in [6.07, 6.45) is 51.5. The molecule has 0 saturated heterocycles. The second-order valence-electron chi connectivity index (χ2n) is 14.5. The quantitative estimate of drug-likeness (QED) is 0.0381. The van der Waals surface area contributed by atoms with Gasteiger partial charge < -0.3 is 20.6 Å². The lowest BCUT2D eigenvalue weighted by molar-refractivity contribution is -0.131. The van der Waals surface area contributed by atoms with Gasteiger partial charge in [-0.3, -0.25) is 4.79 Å². The first-order chi connectivity index (χ1) is 24.6. The van der Waals surface area contributed by atoms with Gasteiger partial charge in [0.25, 0.3) is 0 Å². The Hall–Kier alpha value is -1.69. The Balaban J connectivity index is 3.67. The van der Waals surface area contributed by atoms with E-state index in [1.54, 1.807) is 6.08 Å². The average Bonchev–Trinajstić information content (AvgIpc) is 3.12. The second kappa shape index (κ2) is 40.1. The number of amides is 1. The van der Waals surface area contributed by atoms with Gasteiger partial charge in [-0.2, -0.15) is 0 Å². The Morgan fingerprint density at radius 2 is 0.840 bits per heavy atom. The Morgan fingerprint density at radius 3 is 1.28 bits per heavy atom. The zero-order valence-electron chi connectivity index (χ0n) is 33.0. The van der Waals surface area contributed by atoms with Crippen molar-refractivity contribution in [1.82, 2.24) is 5.32 Å². The maximum absolute atomic E-state index is 12.4. The molecular formula is C45H83NO4. The normalized spacial score (nSPS) is 14.1. The van der Waals surface area contributed by atoms with Crippen LogP contribution < -0.4 is 5.32 Å². The molecule has 0 rings (SSSR count). The molecule has 0 aliphatic carbocycles. The Bertz CT molecular complexity index is 820. The third-order valence-corrected chi connectivity index (χ3v) is 9.62. The molecule has 0 fully saturated rings. The summed E-state index contributed by atoms with van der Waals surface area (Å²) in [5, 5.41) is 33.0. The molecule has 5 nitrogen and oxygen atoms in total. The first-order valence-electron chi connectivity index (χ1n) is 21.5. The van der Waals surface area contributed by atoms with E-state index >= 15 is 0 Å². The number of carbonyl (C=O) groups is 1.